The minimum absolute atomic E-state index is 0.0127. The Kier molecular flexibility index (Phi) is 4.23. The van der Waals surface area contributed by atoms with Crippen LogP contribution in [0.25, 0.3) is 0 Å². The number of aromatic nitrogens is 1. The van der Waals surface area contributed by atoms with Gasteiger partial charge in [0.05, 0.1) is 5.69 Å². The second kappa shape index (κ2) is 5.90. The fraction of sp³-hybridized carbons (Fsp3) is 0.375. The number of anilines is 1. The van der Waals surface area contributed by atoms with E-state index >= 15 is 0 Å². The van der Waals surface area contributed by atoms with Crippen molar-refractivity contribution in [1.29, 1.82) is 0 Å². The third-order valence-electron chi connectivity index (χ3n) is 3.66. The van der Waals surface area contributed by atoms with Crippen molar-refractivity contribution in [2.24, 2.45) is 0 Å². The van der Waals surface area contributed by atoms with Crippen LogP contribution >= 0.6 is 0 Å². The molecule has 4 heteroatoms. The Bertz CT molecular complexity index is 610. The van der Waals surface area contributed by atoms with E-state index in [1.165, 1.54) is 5.56 Å². The summed E-state index contributed by atoms with van der Waals surface area (Å²) < 4.78 is 5.10. The van der Waals surface area contributed by atoms with Crippen LogP contribution in [0.1, 0.15) is 34.6 Å². The summed E-state index contributed by atoms with van der Waals surface area (Å²) in [6.07, 6.45) is 1.08. The fourth-order valence-electron chi connectivity index (χ4n) is 2.20. The number of hydrogen-bond acceptors (Lipinski definition) is 3. The van der Waals surface area contributed by atoms with Crippen LogP contribution in [0, 0.1) is 27.7 Å². The standard InChI is InChI=1S/C16H20N2O2/c1-10-6-5-7-15(11(10)2)17-16(19)9-8-14-12(3)18-20-13(14)4/h5-7H,8-9H2,1-4H3,(H,17,19). The van der Waals surface area contributed by atoms with Gasteiger partial charge in [0.2, 0.25) is 5.91 Å². The Labute approximate surface area is 119 Å². The van der Waals surface area contributed by atoms with Gasteiger partial charge in [-0.25, -0.2) is 0 Å². The number of benzene rings is 1. The maximum atomic E-state index is 12.0. The zero-order chi connectivity index (χ0) is 14.7. The van der Waals surface area contributed by atoms with Gasteiger partial charge in [0, 0.05) is 17.7 Å². The van der Waals surface area contributed by atoms with Crippen molar-refractivity contribution in [3.63, 3.8) is 0 Å². The molecule has 0 spiro atoms. The third kappa shape index (κ3) is 3.07. The highest BCUT2D eigenvalue weighted by atomic mass is 16.5. The molecule has 1 aromatic heterocycles. The molecule has 0 atom stereocenters. The second-order valence-electron chi connectivity index (χ2n) is 5.10. The average molecular weight is 272 g/mol. The normalized spacial score (nSPS) is 10.6. The zero-order valence-electron chi connectivity index (χ0n) is 12.4. The molecule has 0 saturated heterocycles. The molecular weight excluding hydrogens is 252 g/mol. The SMILES string of the molecule is Cc1cccc(NC(=O)CCc2c(C)noc2C)c1C. The highest BCUT2D eigenvalue weighted by Gasteiger charge is 2.12. The lowest BCUT2D eigenvalue weighted by Gasteiger charge is -2.10. The third-order valence-corrected chi connectivity index (χ3v) is 3.66. The minimum atomic E-state index is 0.0127. The molecule has 0 fully saturated rings. The summed E-state index contributed by atoms with van der Waals surface area (Å²) in [5.74, 6) is 0.806. The average Bonchev–Trinajstić information content (AvgIpc) is 2.72. The first-order chi connectivity index (χ1) is 9.49. The van der Waals surface area contributed by atoms with Gasteiger partial charge < -0.3 is 9.84 Å². The van der Waals surface area contributed by atoms with Gasteiger partial charge in [-0.05, 0) is 51.3 Å². The topological polar surface area (TPSA) is 55.1 Å². The summed E-state index contributed by atoms with van der Waals surface area (Å²) in [4.78, 5) is 12.0. The molecule has 4 nitrogen and oxygen atoms in total. The van der Waals surface area contributed by atoms with Crippen LogP contribution in [-0.2, 0) is 11.2 Å². The summed E-state index contributed by atoms with van der Waals surface area (Å²) in [6.45, 7) is 7.82. The van der Waals surface area contributed by atoms with Gasteiger partial charge in [-0.15, -0.1) is 0 Å². The van der Waals surface area contributed by atoms with Crippen molar-refractivity contribution in [3.8, 4) is 0 Å². The van der Waals surface area contributed by atoms with E-state index in [1.807, 2.05) is 45.9 Å². The van der Waals surface area contributed by atoms with E-state index in [9.17, 15) is 4.79 Å². The summed E-state index contributed by atoms with van der Waals surface area (Å²) in [5, 5.41) is 6.86. The Hall–Kier alpha value is -2.10. The van der Waals surface area contributed by atoms with E-state index in [-0.39, 0.29) is 5.91 Å². The number of carbonyl (C=O) groups excluding carboxylic acids is 1. The molecule has 2 rings (SSSR count). The maximum Gasteiger partial charge on any atom is 0.224 e. The second-order valence-corrected chi connectivity index (χ2v) is 5.10. The van der Waals surface area contributed by atoms with E-state index in [2.05, 4.69) is 10.5 Å². The van der Waals surface area contributed by atoms with Crippen molar-refractivity contribution >= 4 is 11.6 Å². The molecule has 0 aliphatic rings. The minimum Gasteiger partial charge on any atom is -0.361 e. The Morgan fingerprint density at radius 3 is 2.65 bits per heavy atom. The van der Waals surface area contributed by atoms with Gasteiger partial charge in [-0.3, -0.25) is 4.79 Å². The molecule has 1 N–H and O–H groups in total. The molecule has 20 heavy (non-hydrogen) atoms. The predicted molar refractivity (Wildman–Crippen MR) is 78.8 cm³/mol. The molecule has 0 radical (unpaired) electrons. The Morgan fingerprint density at radius 1 is 1.25 bits per heavy atom. The number of amides is 1. The first-order valence-electron chi connectivity index (χ1n) is 6.77. The molecule has 1 heterocycles. The van der Waals surface area contributed by atoms with Crippen molar-refractivity contribution in [2.75, 3.05) is 5.32 Å². The number of nitrogens with zero attached hydrogens (tertiary/aromatic N) is 1. The van der Waals surface area contributed by atoms with Crippen molar-refractivity contribution in [2.45, 2.75) is 40.5 Å². The highest BCUT2D eigenvalue weighted by molar-refractivity contribution is 5.91. The lowest BCUT2D eigenvalue weighted by molar-refractivity contribution is -0.116. The van der Waals surface area contributed by atoms with E-state index in [4.69, 9.17) is 4.52 Å². The van der Waals surface area contributed by atoms with Crippen LogP contribution in [-0.4, -0.2) is 11.1 Å². The van der Waals surface area contributed by atoms with Gasteiger partial charge in [-0.1, -0.05) is 17.3 Å². The van der Waals surface area contributed by atoms with Crippen LogP contribution in [0.15, 0.2) is 22.7 Å². The quantitative estimate of drug-likeness (QED) is 0.927. The van der Waals surface area contributed by atoms with Gasteiger partial charge >= 0.3 is 0 Å². The van der Waals surface area contributed by atoms with Gasteiger partial charge in [0.1, 0.15) is 5.76 Å². The molecule has 0 unspecified atom stereocenters. The van der Waals surface area contributed by atoms with Gasteiger partial charge in [-0.2, -0.15) is 0 Å². The molecule has 0 saturated carbocycles. The molecule has 0 aliphatic carbocycles. The Morgan fingerprint density at radius 2 is 2.00 bits per heavy atom. The Balaban J connectivity index is 1.98. The predicted octanol–water partition coefficient (Wildman–Crippen LogP) is 3.48. The van der Waals surface area contributed by atoms with E-state index in [0.717, 1.165) is 28.3 Å². The van der Waals surface area contributed by atoms with Crippen molar-refractivity contribution < 1.29 is 9.32 Å². The van der Waals surface area contributed by atoms with Gasteiger partial charge in [0.15, 0.2) is 0 Å². The van der Waals surface area contributed by atoms with Crippen LogP contribution in [0.4, 0.5) is 5.69 Å². The molecule has 1 amide bonds. The zero-order valence-corrected chi connectivity index (χ0v) is 12.4. The molecule has 106 valence electrons. The highest BCUT2D eigenvalue weighted by Crippen LogP contribution is 2.19. The van der Waals surface area contributed by atoms with E-state index < -0.39 is 0 Å². The number of rotatable bonds is 4. The number of nitrogens with one attached hydrogen (secondary N) is 1. The number of hydrogen-bond donors (Lipinski definition) is 1. The van der Waals surface area contributed by atoms with Crippen LogP contribution in [0.3, 0.4) is 0 Å². The summed E-state index contributed by atoms with van der Waals surface area (Å²) >= 11 is 0. The van der Waals surface area contributed by atoms with E-state index in [1.54, 1.807) is 0 Å². The number of aryl methyl sites for hydroxylation is 3. The molecule has 0 aliphatic heterocycles. The maximum absolute atomic E-state index is 12.0. The first kappa shape index (κ1) is 14.3. The molecular formula is C16H20N2O2. The lowest BCUT2D eigenvalue weighted by atomic mass is 10.1. The largest absolute Gasteiger partial charge is 0.361 e. The molecule has 0 bridgehead atoms. The van der Waals surface area contributed by atoms with Crippen molar-refractivity contribution in [3.05, 3.63) is 46.3 Å². The van der Waals surface area contributed by atoms with Crippen molar-refractivity contribution in [1.82, 2.24) is 5.16 Å². The van der Waals surface area contributed by atoms with E-state index in [0.29, 0.717) is 12.8 Å². The van der Waals surface area contributed by atoms with Crippen LogP contribution in [0.5, 0.6) is 0 Å². The lowest BCUT2D eigenvalue weighted by Crippen LogP contribution is -2.13. The smallest absolute Gasteiger partial charge is 0.224 e. The van der Waals surface area contributed by atoms with Crippen LogP contribution < -0.4 is 5.32 Å². The molecule has 2 aromatic rings. The number of carbonyl (C=O) groups is 1. The molecule has 1 aromatic carbocycles. The van der Waals surface area contributed by atoms with Crippen LogP contribution in [0.2, 0.25) is 0 Å². The fourth-order valence-corrected chi connectivity index (χ4v) is 2.20. The monoisotopic (exact) mass is 272 g/mol. The van der Waals surface area contributed by atoms with Gasteiger partial charge in [0.25, 0.3) is 0 Å². The summed E-state index contributed by atoms with van der Waals surface area (Å²) in [6, 6.07) is 5.91. The summed E-state index contributed by atoms with van der Waals surface area (Å²) in [5.41, 5.74) is 5.06. The summed E-state index contributed by atoms with van der Waals surface area (Å²) in [7, 11) is 0. The first-order valence-corrected chi connectivity index (χ1v) is 6.77.